The number of rotatable bonds is 4. The van der Waals surface area contributed by atoms with Gasteiger partial charge in [0.1, 0.15) is 0 Å². The van der Waals surface area contributed by atoms with Crippen molar-refractivity contribution < 1.29 is 4.74 Å². The summed E-state index contributed by atoms with van der Waals surface area (Å²) in [6, 6.07) is 0. The summed E-state index contributed by atoms with van der Waals surface area (Å²) >= 11 is -3.20. The van der Waals surface area contributed by atoms with Crippen LogP contribution in [0.3, 0.4) is 0 Å². The Morgan fingerprint density at radius 2 is 1.00 bits per heavy atom. The maximum absolute atomic E-state index is 5.75. The number of hydrogen-bond acceptors (Lipinski definition) is 1. The Hall–Kier alpha value is 1.56. The molecule has 0 radical (unpaired) electrons. The van der Waals surface area contributed by atoms with E-state index < -0.39 is 36.8 Å². The van der Waals surface area contributed by atoms with Gasteiger partial charge < -0.3 is 0 Å². The van der Waals surface area contributed by atoms with Crippen molar-refractivity contribution in [2.24, 2.45) is 0 Å². The van der Waals surface area contributed by atoms with Gasteiger partial charge in [0.2, 0.25) is 0 Å². The van der Waals surface area contributed by atoms with Crippen LogP contribution in [-0.2, 0) is 4.74 Å². The van der Waals surface area contributed by atoms with Crippen LogP contribution < -0.4 is 0 Å². The number of hydrogen-bond donors (Lipinski definition) is 0. The molecule has 0 aromatic carbocycles. The molecule has 0 rings (SSSR count). The first kappa shape index (κ1) is 12.6. The van der Waals surface area contributed by atoms with Crippen molar-refractivity contribution >= 4 is 36.8 Å². The van der Waals surface area contributed by atoms with Crippen LogP contribution in [0.5, 0.6) is 0 Å². The molecule has 0 spiro atoms. The zero-order chi connectivity index (χ0) is 9.12. The van der Waals surface area contributed by atoms with Crippen molar-refractivity contribution in [3.63, 3.8) is 0 Å². The first-order valence-corrected chi connectivity index (χ1v) is 25.4. The first-order chi connectivity index (χ1) is 4.71. The van der Waals surface area contributed by atoms with E-state index in [2.05, 4.69) is 29.6 Å². The Morgan fingerprint density at radius 1 is 0.727 bits per heavy atom. The van der Waals surface area contributed by atoms with Gasteiger partial charge in [0.25, 0.3) is 0 Å². The quantitative estimate of drug-likeness (QED) is 0.691. The van der Waals surface area contributed by atoms with Gasteiger partial charge in [-0.1, -0.05) is 0 Å². The SMILES string of the molecule is [CH3][Sn]([CH3])([CH3])[CH2]O[CH2][Sn]([CH3])([CH3])[CH3]. The van der Waals surface area contributed by atoms with E-state index in [1.807, 2.05) is 0 Å². The van der Waals surface area contributed by atoms with Crippen LogP contribution in [0.1, 0.15) is 0 Å². The normalized spacial score (nSPS) is 13.6. The van der Waals surface area contributed by atoms with Crippen molar-refractivity contribution in [2.75, 3.05) is 9.25 Å². The minimum atomic E-state index is -1.60. The van der Waals surface area contributed by atoms with E-state index in [0.717, 1.165) is 9.25 Å². The van der Waals surface area contributed by atoms with Gasteiger partial charge in [0.05, 0.1) is 0 Å². The van der Waals surface area contributed by atoms with Gasteiger partial charge in [-0.05, 0) is 0 Å². The van der Waals surface area contributed by atoms with Gasteiger partial charge in [-0.15, -0.1) is 0 Å². The topological polar surface area (TPSA) is 9.23 Å². The second-order valence-electron chi connectivity index (χ2n) is 5.61. The molecule has 0 bridgehead atoms. The Morgan fingerprint density at radius 3 is 1.18 bits per heavy atom. The van der Waals surface area contributed by atoms with E-state index in [1.165, 1.54) is 0 Å². The molecule has 0 unspecified atom stereocenters. The van der Waals surface area contributed by atoms with Crippen LogP contribution in [0.15, 0.2) is 0 Å². The number of ether oxygens (including phenoxy) is 1. The fraction of sp³-hybridized carbons (Fsp3) is 1.00. The molecule has 0 aromatic heterocycles. The van der Waals surface area contributed by atoms with Crippen molar-refractivity contribution in [3.05, 3.63) is 0 Å². The van der Waals surface area contributed by atoms with Crippen LogP contribution in [0, 0.1) is 0 Å². The summed E-state index contributed by atoms with van der Waals surface area (Å²) < 4.78 is 7.98. The molecule has 0 atom stereocenters. The fourth-order valence-electron chi connectivity index (χ4n) is 0.663. The van der Waals surface area contributed by atoms with Crippen LogP contribution in [0.4, 0.5) is 0 Å². The molecule has 0 aliphatic carbocycles. The molecule has 0 aliphatic rings. The Labute approximate surface area is 79.6 Å². The molecule has 0 saturated heterocycles. The third-order valence-electron chi connectivity index (χ3n) is 1.07. The molecule has 0 N–H and O–H groups in total. The monoisotopic (exact) mass is 374 g/mol. The first-order valence-electron chi connectivity index (χ1n) is 4.28. The maximum atomic E-state index is 5.75. The Kier molecular flexibility index (Phi) is 5.36. The fourth-order valence-corrected chi connectivity index (χ4v) is 6.40. The van der Waals surface area contributed by atoms with E-state index in [-0.39, 0.29) is 0 Å². The van der Waals surface area contributed by atoms with Gasteiger partial charge in [0.15, 0.2) is 0 Å². The molecule has 0 heterocycles. The summed E-state index contributed by atoms with van der Waals surface area (Å²) in [7, 11) is 0. The third-order valence-corrected chi connectivity index (χ3v) is 7.18. The van der Waals surface area contributed by atoms with Crippen LogP contribution in [0.2, 0.25) is 29.6 Å². The van der Waals surface area contributed by atoms with E-state index in [1.54, 1.807) is 0 Å². The van der Waals surface area contributed by atoms with Crippen LogP contribution in [-0.4, -0.2) is 46.0 Å². The van der Waals surface area contributed by atoms with Gasteiger partial charge in [-0.2, -0.15) is 0 Å². The molecular weight excluding hydrogens is 350 g/mol. The zero-order valence-electron chi connectivity index (χ0n) is 8.82. The predicted octanol–water partition coefficient (Wildman–Crippen LogP) is 2.76. The van der Waals surface area contributed by atoms with E-state index in [4.69, 9.17) is 4.74 Å². The second kappa shape index (κ2) is 4.70. The van der Waals surface area contributed by atoms with Gasteiger partial charge in [-0.25, -0.2) is 0 Å². The zero-order valence-corrected chi connectivity index (χ0v) is 14.5. The summed E-state index contributed by atoms with van der Waals surface area (Å²) in [4.78, 5) is 14.5. The molecule has 68 valence electrons. The molecule has 0 aromatic rings. The van der Waals surface area contributed by atoms with Gasteiger partial charge in [-0.3, -0.25) is 0 Å². The molecule has 0 saturated carbocycles. The minimum absolute atomic E-state index is 1.11. The summed E-state index contributed by atoms with van der Waals surface area (Å²) in [5, 5.41) is 0. The summed E-state index contributed by atoms with van der Waals surface area (Å²) in [6.07, 6.45) is 0. The molecular formula is C8H22OSn2. The molecule has 1 nitrogen and oxygen atoms in total. The summed E-state index contributed by atoms with van der Waals surface area (Å²) in [6.45, 7) is 0. The average molecular weight is 372 g/mol. The van der Waals surface area contributed by atoms with E-state index in [0.29, 0.717) is 0 Å². The van der Waals surface area contributed by atoms with Crippen molar-refractivity contribution in [2.45, 2.75) is 29.6 Å². The summed E-state index contributed by atoms with van der Waals surface area (Å²) in [5.74, 6) is 0. The van der Waals surface area contributed by atoms with Gasteiger partial charge >= 0.3 is 80.4 Å². The van der Waals surface area contributed by atoms with Crippen molar-refractivity contribution in [1.29, 1.82) is 0 Å². The van der Waals surface area contributed by atoms with Crippen LogP contribution in [0.25, 0.3) is 0 Å². The molecule has 11 heavy (non-hydrogen) atoms. The molecule has 0 aliphatic heterocycles. The predicted molar refractivity (Wildman–Crippen MR) is 57.5 cm³/mol. The third kappa shape index (κ3) is 11.6. The Balaban J connectivity index is 3.44. The van der Waals surface area contributed by atoms with E-state index in [9.17, 15) is 0 Å². The Bertz CT molecular complexity index is 96.2. The standard InChI is InChI=1S/C2H4O.6CH3.2Sn/c1-3-2;;;;;;;;/h1-2H2;6*1H3;;. The van der Waals surface area contributed by atoms with Crippen molar-refractivity contribution in [1.82, 2.24) is 0 Å². The second-order valence-corrected chi connectivity index (χ2v) is 36.5. The molecule has 3 heteroatoms. The van der Waals surface area contributed by atoms with E-state index >= 15 is 0 Å². The van der Waals surface area contributed by atoms with Crippen LogP contribution >= 0.6 is 0 Å². The average Bonchev–Trinajstić information content (AvgIpc) is 1.55. The van der Waals surface area contributed by atoms with Crippen molar-refractivity contribution in [3.8, 4) is 0 Å². The molecule has 0 fully saturated rings. The summed E-state index contributed by atoms with van der Waals surface area (Å²) in [5.41, 5.74) is 0. The molecule has 0 amide bonds. The van der Waals surface area contributed by atoms with Gasteiger partial charge in [0, 0.05) is 0 Å².